The summed E-state index contributed by atoms with van der Waals surface area (Å²) in [6, 6.07) is 0. The third-order valence-electron chi connectivity index (χ3n) is 1.89. The summed E-state index contributed by atoms with van der Waals surface area (Å²) in [6.45, 7) is 7.72. The monoisotopic (exact) mass is 230 g/mol. The minimum absolute atomic E-state index is 0.0714. The van der Waals surface area contributed by atoms with Gasteiger partial charge in [0.15, 0.2) is 0 Å². The lowest BCUT2D eigenvalue weighted by Crippen LogP contribution is -2.42. The Balaban J connectivity index is 3.75. The molecule has 0 aliphatic rings. The lowest BCUT2D eigenvalue weighted by atomic mass is 10.1. The number of carbonyl (C=O) groups excluding carboxylic acids is 2. The maximum absolute atomic E-state index is 11.4. The topological polar surface area (TPSA) is 67.4 Å². The fraction of sp³-hybridized carbons (Fsp3) is 0.818. The second-order valence-corrected chi connectivity index (χ2v) is 4.72. The Bertz CT molecular complexity index is 246. The lowest BCUT2D eigenvalue weighted by molar-refractivity contribution is -0.130. The van der Waals surface area contributed by atoms with Gasteiger partial charge in [0.2, 0.25) is 11.8 Å². The molecule has 0 saturated heterocycles. The molecular formula is C11H22N2O3. The molecule has 0 aromatic carbocycles. The van der Waals surface area contributed by atoms with Crippen molar-refractivity contribution in [2.45, 2.75) is 45.8 Å². The van der Waals surface area contributed by atoms with E-state index in [0.717, 1.165) is 0 Å². The number of hydrogen-bond acceptors (Lipinski definition) is 3. The van der Waals surface area contributed by atoms with Crippen molar-refractivity contribution in [3.8, 4) is 0 Å². The minimum atomic E-state index is -0.481. The molecule has 94 valence electrons. The average Bonchev–Trinajstić information content (AvgIpc) is 2.13. The van der Waals surface area contributed by atoms with Crippen LogP contribution >= 0.6 is 0 Å². The Morgan fingerprint density at radius 1 is 1.31 bits per heavy atom. The first kappa shape index (κ1) is 14.9. The molecule has 0 aliphatic carbocycles. The van der Waals surface area contributed by atoms with Crippen molar-refractivity contribution in [1.29, 1.82) is 0 Å². The molecule has 0 aliphatic heterocycles. The summed E-state index contributed by atoms with van der Waals surface area (Å²) in [6.07, 6.45) is -0.204. The van der Waals surface area contributed by atoms with Crippen molar-refractivity contribution in [1.82, 2.24) is 10.6 Å². The maximum Gasteiger partial charge on any atom is 0.248 e. The summed E-state index contributed by atoms with van der Waals surface area (Å²) in [5, 5.41) is 5.44. The second-order valence-electron chi connectivity index (χ2n) is 4.72. The SMILES string of the molecule is COC(C)C(=O)NCCC(=O)NC(C)(C)C. The molecule has 0 fully saturated rings. The highest BCUT2D eigenvalue weighted by Gasteiger charge is 2.14. The highest BCUT2D eigenvalue weighted by molar-refractivity contribution is 5.81. The van der Waals surface area contributed by atoms with Crippen LogP contribution in [0.3, 0.4) is 0 Å². The molecule has 0 aromatic rings. The number of nitrogens with one attached hydrogen (secondary N) is 2. The van der Waals surface area contributed by atoms with Crippen LogP contribution in [0.4, 0.5) is 0 Å². The summed E-state index contributed by atoms with van der Waals surface area (Å²) in [5.41, 5.74) is -0.235. The number of amides is 2. The molecule has 1 atom stereocenters. The molecule has 0 radical (unpaired) electrons. The first-order chi connectivity index (χ1) is 7.26. The van der Waals surface area contributed by atoms with Gasteiger partial charge >= 0.3 is 0 Å². The van der Waals surface area contributed by atoms with E-state index < -0.39 is 6.10 Å². The fourth-order valence-electron chi connectivity index (χ4n) is 1.03. The zero-order chi connectivity index (χ0) is 12.8. The molecule has 2 N–H and O–H groups in total. The van der Waals surface area contributed by atoms with Crippen LogP contribution in [0, 0.1) is 0 Å². The molecule has 0 spiro atoms. The van der Waals surface area contributed by atoms with Crippen LogP contribution in [0.2, 0.25) is 0 Å². The highest BCUT2D eigenvalue weighted by atomic mass is 16.5. The van der Waals surface area contributed by atoms with Gasteiger partial charge in [0, 0.05) is 25.6 Å². The van der Waals surface area contributed by atoms with Gasteiger partial charge in [0.05, 0.1) is 0 Å². The van der Waals surface area contributed by atoms with Gasteiger partial charge in [-0.25, -0.2) is 0 Å². The van der Waals surface area contributed by atoms with Gasteiger partial charge in [-0.2, -0.15) is 0 Å². The van der Waals surface area contributed by atoms with Gasteiger partial charge in [-0.3, -0.25) is 9.59 Å². The summed E-state index contributed by atoms with van der Waals surface area (Å²) < 4.78 is 4.84. The maximum atomic E-state index is 11.4. The van der Waals surface area contributed by atoms with E-state index in [1.54, 1.807) is 6.92 Å². The van der Waals surface area contributed by atoms with Crippen LogP contribution < -0.4 is 10.6 Å². The van der Waals surface area contributed by atoms with Gasteiger partial charge in [-0.15, -0.1) is 0 Å². The third kappa shape index (κ3) is 7.23. The van der Waals surface area contributed by atoms with Crippen LogP contribution in [0.1, 0.15) is 34.1 Å². The number of hydrogen-bond donors (Lipinski definition) is 2. The molecular weight excluding hydrogens is 208 g/mol. The Kier molecular flexibility index (Phi) is 6.03. The molecule has 5 nitrogen and oxygen atoms in total. The molecule has 0 aromatic heterocycles. The van der Waals surface area contributed by atoms with Crippen LogP contribution in [-0.4, -0.2) is 37.1 Å². The Labute approximate surface area is 96.9 Å². The smallest absolute Gasteiger partial charge is 0.248 e. The van der Waals surface area contributed by atoms with Crippen LogP contribution in [-0.2, 0) is 14.3 Å². The van der Waals surface area contributed by atoms with Gasteiger partial charge in [-0.1, -0.05) is 0 Å². The standard InChI is InChI=1S/C11H22N2O3/c1-8(16-5)10(15)12-7-6-9(14)13-11(2,3)4/h8H,6-7H2,1-5H3,(H,12,15)(H,13,14). The van der Waals surface area contributed by atoms with Crippen molar-refractivity contribution in [2.75, 3.05) is 13.7 Å². The van der Waals surface area contributed by atoms with Gasteiger partial charge in [0.25, 0.3) is 0 Å². The average molecular weight is 230 g/mol. The molecule has 2 amide bonds. The number of carbonyl (C=O) groups is 2. The number of ether oxygens (including phenoxy) is 1. The third-order valence-corrected chi connectivity index (χ3v) is 1.89. The molecule has 5 heteroatoms. The van der Waals surface area contributed by atoms with Gasteiger partial charge in [-0.05, 0) is 27.7 Å². The largest absolute Gasteiger partial charge is 0.372 e. The first-order valence-corrected chi connectivity index (χ1v) is 5.38. The Hall–Kier alpha value is -1.10. The summed E-state index contributed by atoms with van der Waals surface area (Å²) in [7, 11) is 1.47. The summed E-state index contributed by atoms with van der Waals surface area (Å²) in [4.78, 5) is 22.7. The predicted octanol–water partition coefficient (Wildman–Crippen LogP) is 0.442. The van der Waals surface area contributed by atoms with E-state index in [4.69, 9.17) is 4.74 Å². The van der Waals surface area contributed by atoms with Crippen LogP contribution in [0.25, 0.3) is 0 Å². The van der Waals surface area contributed by atoms with Crippen molar-refractivity contribution in [3.63, 3.8) is 0 Å². The molecule has 1 unspecified atom stereocenters. The molecule has 0 rings (SSSR count). The molecule has 16 heavy (non-hydrogen) atoms. The van der Waals surface area contributed by atoms with E-state index in [1.165, 1.54) is 7.11 Å². The van der Waals surface area contributed by atoms with Gasteiger partial charge < -0.3 is 15.4 Å². The van der Waals surface area contributed by atoms with E-state index in [2.05, 4.69) is 10.6 Å². The second kappa shape index (κ2) is 6.48. The highest BCUT2D eigenvalue weighted by Crippen LogP contribution is 1.98. The Morgan fingerprint density at radius 2 is 1.88 bits per heavy atom. The van der Waals surface area contributed by atoms with Crippen LogP contribution in [0.15, 0.2) is 0 Å². The van der Waals surface area contributed by atoms with E-state index in [9.17, 15) is 9.59 Å². The van der Waals surface area contributed by atoms with Crippen molar-refractivity contribution in [2.24, 2.45) is 0 Å². The van der Waals surface area contributed by atoms with E-state index in [1.807, 2.05) is 20.8 Å². The summed E-state index contributed by atoms with van der Waals surface area (Å²) in [5.74, 6) is -0.274. The van der Waals surface area contributed by atoms with E-state index >= 15 is 0 Å². The molecule has 0 bridgehead atoms. The summed E-state index contributed by atoms with van der Waals surface area (Å²) >= 11 is 0. The van der Waals surface area contributed by atoms with Crippen molar-refractivity contribution in [3.05, 3.63) is 0 Å². The number of rotatable bonds is 5. The normalized spacial score (nSPS) is 13.1. The number of methoxy groups -OCH3 is 1. The van der Waals surface area contributed by atoms with Gasteiger partial charge in [0.1, 0.15) is 6.10 Å². The molecule has 0 heterocycles. The Morgan fingerprint density at radius 3 is 2.31 bits per heavy atom. The van der Waals surface area contributed by atoms with Crippen LogP contribution in [0.5, 0.6) is 0 Å². The lowest BCUT2D eigenvalue weighted by Gasteiger charge is -2.20. The van der Waals surface area contributed by atoms with E-state index in [-0.39, 0.29) is 23.8 Å². The quantitative estimate of drug-likeness (QED) is 0.720. The first-order valence-electron chi connectivity index (χ1n) is 5.38. The zero-order valence-electron chi connectivity index (χ0n) is 10.7. The van der Waals surface area contributed by atoms with Crippen molar-refractivity contribution < 1.29 is 14.3 Å². The van der Waals surface area contributed by atoms with E-state index in [0.29, 0.717) is 6.54 Å². The predicted molar refractivity (Wildman–Crippen MR) is 62.0 cm³/mol. The fourth-order valence-corrected chi connectivity index (χ4v) is 1.03. The zero-order valence-corrected chi connectivity index (χ0v) is 10.7. The van der Waals surface area contributed by atoms with Crippen molar-refractivity contribution >= 4 is 11.8 Å². The molecule has 0 saturated carbocycles. The minimum Gasteiger partial charge on any atom is -0.372 e.